The molecule has 0 amide bonds. The SMILES string of the molecule is Cc1nnc(CNCc2cc(Br)ccc2F)o1. The summed E-state index contributed by atoms with van der Waals surface area (Å²) in [5, 5.41) is 10.6. The van der Waals surface area contributed by atoms with Crippen molar-refractivity contribution >= 4 is 15.9 Å². The summed E-state index contributed by atoms with van der Waals surface area (Å²) in [6, 6.07) is 4.83. The Labute approximate surface area is 106 Å². The van der Waals surface area contributed by atoms with E-state index in [9.17, 15) is 4.39 Å². The van der Waals surface area contributed by atoms with Gasteiger partial charge in [-0.05, 0) is 18.2 Å². The van der Waals surface area contributed by atoms with Crippen molar-refractivity contribution in [2.45, 2.75) is 20.0 Å². The van der Waals surface area contributed by atoms with Gasteiger partial charge in [0.2, 0.25) is 11.8 Å². The summed E-state index contributed by atoms with van der Waals surface area (Å²) in [6.07, 6.45) is 0. The Morgan fingerprint density at radius 3 is 2.88 bits per heavy atom. The molecule has 0 bridgehead atoms. The molecule has 0 fully saturated rings. The molecule has 1 heterocycles. The van der Waals surface area contributed by atoms with Gasteiger partial charge in [-0.2, -0.15) is 0 Å². The van der Waals surface area contributed by atoms with E-state index in [1.807, 2.05) is 0 Å². The van der Waals surface area contributed by atoms with Crippen molar-refractivity contribution in [2.75, 3.05) is 0 Å². The maximum atomic E-state index is 13.4. The second kappa shape index (κ2) is 5.37. The zero-order valence-electron chi connectivity index (χ0n) is 9.20. The minimum atomic E-state index is -0.234. The van der Waals surface area contributed by atoms with Crippen LogP contribution in [0.15, 0.2) is 27.1 Å². The molecule has 2 aromatic rings. The molecule has 1 aromatic heterocycles. The number of benzene rings is 1. The molecule has 6 heteroatoms. The van der Waals surface area contributed by atoms with Crippen molar-refractivity contribution in [3.05, 3.63) is 45.8 Å². The standard InChI is InChI=1S/C11H11BrFN3O/c1-7-15-16-11(17-7)6-14-5-8-4-9(12)2-3-10(8)13/h2-4,14H,5-6H2,1H3. The van der Waals surface area contributed by atoms with Crippen molar-refractivity contribution < 1.29 is 8.81 Å². The van der Waals surface area contributed by atoms with E-state index in [-0.39, 0.29) is 5.82 Å². The van der Waals surface area contributed by atoms with Gasteiger partial charge in [-0.15, -0.1) is 10.2 Å². The van der Waals surface area contributed by atoms with Crippen molar-refractivity contribution in [3.63, 3.8) is 0 Å². The first kappa shape index (κ1) is 12.2. The van der Waals surface area contributed by atoms with Crippen molar-refractivity contribution in [1.82, 2.24) is 15.5 Å². The molecule has 0 saturated carbocycles. The molecule has 0 aliphatic rings. The van der Waals surface area contributed by atoms with Gasteiger partial charge in [0.05, 0.1) is 6.54 Å². The first-order valence-corrected chi connectivity index (χ1v) is 5.88. The normalized spacial score (nSPS) is 10.8. The van der Waals surface area contributed by atoms with Gasteiger partial charge < -0.3 is 9.73 Å². The summed E-state index contributed by atoms with van der Waals surface area (Å²) in [4.78, 5) is 0. The summed E-state index contributed by atoms with van der Waals surface area (Å²) < 4.78 is 19.4. The van der Waals surface area contributed by atoms with Crippen LogP contribution in [-0.4, -0.2) is 10.2 Å². The molecule has 1 aromatic carbocycles. The van der Waals surface area contributed by atoms with Crippen LogP contribution in [0.25, 0.3) is 0 Å². The Kier molecular flexibility index (Phi) is 3.86. The fourth-order valence-electron chi connectivity index (χ4n) is 1.39. The van der Waals surface area contributed by atoms with E-state index in [0.29, 0.717) is 30.4 Å². The lowest BCUT2D eigenvalue weighted by Gasteiger charge is -2.04. The summed E-state index contributed by atoms with van der Waals surface area (Å²) >= 11 is 3.30. The minimum Gasteiger partial charge on any atom is -0.424 e. The molecule has 2 rings (SSSR count). The van der Waals surface area contributed by atoms with E-state index < -0.39 is 0 Å². The van der Waals surface area contributed by atoms with E-state index in [1.54, 1.807) is 19.1 Å². The smallest absolute Gasteiger partial charge is 0.230 e. The van der Waals surface area contributed by atoms with Crippen LogP contribution in [-0.2, 0) is 13.1 Å². The summed E-state index contributed by atoms with van der Waals surface area (Å²) in [5.41, 5.74) is 0.593. The highest BCUT2D eigenvalue weighted by Gasteiger charge is 2.04. The van der Waals surface area contributed by atoms with E-state index in [2.05, 4.69) is 31.4 Å². The molecule has 0 atom stereocenters. The first-order valence-electron chi connectivity index (χ1n) is 5.09. The largest absolute Gasteiger partial charge is 0.424 e. The zero-order valence-corrected chi connectivity index (χ0v) is 10.8. The highest BCUT2D eigenvalue weighted by Crippen LogP contribution is 2.15. The lowest BCUT2D eigenvalue weighted by molar-refractivity contribution is 0.445. The van der Waals surface area contributed by atoms with E-state index in [0.717, 1.165) is 4.47 Å². The highest BCUT2D eigenvalue weighted by molar-refractivity contribution is 9.10. The molecule has 0 saturated heterocycles. The monoisotopic (exact) mass is 299 g/mol. The molecule has 90 valence electrons. The topological polar surface area (TPSA) is 51.0 Å². The average molecular weight is 300 g/mol. The number of nitrogens with one attached hydrogen (secondary N) is 1. The second-order valence-electron chi connectivity index (χ2n) is 3.55. The molecular formula is C11H11BrFN3O. The second-order valence-corrected chi connectivity index (χ2v) is 4.47. The molecule has 4 nitrogen and oxygen atoms in total. The Hall–Kier alpha value is -1.27. The molecule has 0 aliphatic carbocycles. The first-order chi connectivity index (χ1) is 8.15. The van der Waals surface area contributed by atoms with E-state index in [4.69, 9.17) is 4.42 Å². The lowest BCUT2D eigenvalue weighted by Crippen LogP contribution is -2.14. The maximum absolute atomic E-state index is 13.4. The highest BCUT2D eigenvalue weighted by atomic mass is 79.9. The Bertz CT molecular complexity index is 515. The van der Waals surface area contributed by atoms with Crippen LogP contribution in [0.4, 0.5) is 4.39 Å². The number of nitrogens with zero attached hydrogens (tertiary/aromatic N) is 2. The molecule has 17 heavy (non-hydrogen) atoms. The van der Waals surface area contributed by atoms with Crippen LogP contribution in [0.3, 0.4) is 0 Å². The van der Waals surface area contributed by atoms with Crippen LogP contribution in [0.2, 0.25) is 0 Å². The molecule has 0 unspecified atom stereocenters. The third-order valence-electron chi connectivity index (χ3n) is 2.17. The van der Waals surface area contributed by atoms with Crippen LogP contribution < -0.4 is 5.32 Å². The predicted molar refractivity (Wildman–Crippen MR) is 63.7 cm³/mol. The van der Waals surface area contributed by atoms with Crippen LogP contribution >= 0.6 is 15.9 Å². The van der Waals surface area contributed by atoms with Gasteiger partial charge in [0, 0.05) is 23.5 Å². The van der Waals surface area contributed by atoms with Crippen LogP contribution in [0.1, 0.15) is 17.3 Å². The molecule has 0 spiro atoms. The van der Waals surface area contributed by atoms with Crippen LogP contribution in [0.5, 0.6) is 0 Å². The van der Waals surface area contributed by atoms with Gasteiger partial charge in [-0.25, -0.2) is 4.39 Å². The van der Waals surface area contributed by atoms with Gasteiger partial charge in [-0.1, -0.05) is 15.9 Å². The molecule has 0 aliphatic heterocycles. The lowest BCUT2D eigenvalue weighted by atomic mass is 10.2. The third-order valence-corrected chi connectivity index (χ3v) is 2.66. The van der Waals surface area contributed by atoms with Crippen molar-refractivity contribution in [1.29, 1.82) is 0 Å². The fraction of sp³-hybridized carbons (Fsp3) is 0.273. The predicted octanol–water partition coefficient (Wildman–Crippen LogP) is 2.57. The minimum absolute atomic E-state index is 0.234. The van der Waals surface area contributed by atoms with Crippen molar-refractivity contribution in [3.8, 4) is 0 Å². The van der Waals surface area contributed by atoms with Crippen LogP contribution in [0, 0.1) is 12.7 Å². The number of hydrogen-bond donors (Lipinski definition) is 1. The number of aromatic nitrogens is 2. The summed E-state index contributed by atoms with van der Waals surface area (Å²) in [7, 11) is 0. The number of aryl methyl sites for hydroxylation is 1. The van der Waals surface area contributed by atoms with E-state index in [1.165, 1.54) is 6.07 Å². The number of halogens is 2. The number of hydrogen-bond acceptors (Lipinski definition) is 4. The Balaban J connectivity index is 1.91. The fourth-order valence-corrected chi connectivity index (χ4v) is 1.80. The van der Waals surface area contributed by atoms with Gasteiger partial charge in [0.25, 0.3) is 0 Å². The number of rotatable bonds is 4. The zero-order chi connectivity index (χ0) is 12.3. The average Bonchev–Trinajstić information content (AvgIpc) is 2.69. The Morgan fingerprint density at radius 2 is 2.18 bits per heavy atom. The van der Waals surface area contributed by atoms with Gasteiger partial charge in [0.1, 0.15) is 5.82 Å². The third kappa shape index (κ3) is 3.34. The van der Waals surface area contributed by atoms with Crippen molar-refractivity contribution in [2.24, 2.45) is 0 Å². The van der Waals surface area contributed by atoms with E-state index >= 15 is 0 Å². The molecule has 0 radical (unpaired) electrons. The van der Waals surface area contributed by atoms with Gasteiger partial charge in [0.15, 0.2) is 0 Å². The quantitative estimate of drug-likeness (QED) is 0.943. The van der Waals surface area contributed by atoms with Gasteiger partial charge >= 0.3 is 0 Å². The maximum Gasteiger partial charge on any atom is 0.230 e. The molecule has 1 N–H and O–H groups in total. The Morgan fingerprint density at radius 1 is 1.35 bits per heavy atom. The summed E-state index contributed by atoms with van der Waals surface area (Å²) in [5.74, 6) is 0.788. The summed E-state index contributed by atoms with van der Waals surface area (Å²) in [6.45, 7) is 2.56. The van der Waals surface area contributed by atoms with Gasteiger partial charge in [-0.3, -0.25) is 0 Å². The molecular weight excluding hydrogens is 289 g/mol.